The highest BCUT2D eigenvalue weighted by Crippen LogP contribution is 2.05. The number of hydrogen-bond acceptors (Lipinski definition) is 6. The highest BCUT2D eigenvalue weighted by molar-refractivity contribution is 5.43. The molecule has 98 valence electrons. The van der Waals surface area contributed by atoms with E-state index in [4.69, 9.17) is 0 Å². The van der Waals surface area contributed by atoms with Gasteiger partial charge in [-0.2, -0.15) is 4.52 Å². The Morgan fingerprint density at radius 1 is 1.28 bits per heavy atom. The first-order valence-electron chi connectivity index (χ1n) is 6.33. The van der Waals surface area contributed by atoms with E-state index in [2.05, 4.69) is 44.6 Å². The largest absolute Gasteiger partial charge is 0.367 e. The number of nitrogens with one attached hydrogen (secondary N) is 1. The lowest BCUT2D eigenvalue weighted by atomic mass is 10.4. The van der Waals surface area contributed by atoms with Crippen LogP contribution in [0.2, 0.25) is 0 Å². The van der Waals surface area contributed by atoms with Gasteiger partial charge >= 0.3 is 0 Å². The van der Waals surface area contributed by atoms with Crippen molar-refractivity contribution >= 4 is 11.5 Å². The van der Waals surface area contributed by atoms with Gasteiger partial charge in [0.15, 0.2) is 5.65 Å². The van der Waals surface area contributed by atoms with E-state index in [9.17, 15) is 0 Å². The number of anilines is 1. The summed E-state index contributed by atoms with van der Waals surface area (Å²) in [6.07, 6.45) is 4.55. The number of tetrazole rings is 1. The Hall–Kier alpha value is -1.76. The second-order valence-corrected chi connectivity index (χ2v) is 4.10. The monoisotopic (exact) mass is 249 g/mol. The number of fused-ring (bicyclic) bond motifs is 1. The fourth-order valence-electron chi connectivity index (χ4n) is 1.88. The smallest absolute Gasteiger partial charge is 0.199 e. The average molecular weight is 249 g/mol. The maximum atomic E-state index is 4.10. The van der Waals surface area contributed by atoms with Crippen molar-refractivity contribution in [2.24, 2.45) is 0 Å². The zero-order chi connectivity index (χ0) is 12.8. The topological polar surface area (TPSA) is 71.2 Å². The van der Waals surface area contributed by atoms with E-state index in [1.165, 1.54) is 6.42 Å². The summed E-state index contributed by atoms with van der Waals surface area (Å²) in [5.41, 5.74) is 0.654. The first kappa shape index (κ1) is 12.7. The Kier molecular flexibility index (Phi) is 4.40. The molecule has 0 aromatic carbocycles. The summed E-state index contributed by atoms with van der Waals surface area (Å²) in [6, 6.07) is 0. The van der Waals surface area contributed by atoms with Crippen molar-refractivity contribution in [1.29, 1.82) is 0 Å². The van der Waals surface area contributed by atoms with Crippen LogP contribution in [0.4, 0.5) is 5.82 Å². The Balaban J connectivity index is 1.92. The van der Waals surface area contributed by atoms with E-state index >= 15 is 0 Å². The lowest BCUT2D eigenvalue weighted by Crippen LogP contribution is -2.30. The number of nitrogens with zero attached hydrogens (tertiary/aromatic N) is 6. The van der Waals surface area contributed by atoms with Gasteiger partial charge in [-0.15, -0.1) is 5.10 Å². The molecule has 0 saturated carbocycles. The normalized spacial score (nSPS) is 11.3. The van der Waals surface area contributed by atoms with Crippen LogP contribution in [0, 0.1) is 0 Å². The van der Waals surface area contributed by atoms with Crippen LogP contribution in [0.25, 0.3) is 5.65 Å². The summed E-state index contributed by atoms with van der Waals surface area (Å²) in [7, 11) is 0. The van der Waals surface area contributed by atoms with Crippen molar-refractivity contribution in [3.05, 3.63) is 12.4 Å². The number of hydrogen-bond donors (Lipinski definition) is 1. The van der Waals surface area contributed by atoms with Gasteiger partial charge in [0.2, 0.25) is 0 Å². The van der Waals surface area contributed by atoms with Gasteiger partial charge in [0.1, 0.15) is 5.82 Å². The third-order valence-corrected chi connectivity index (χ3v) is 2.83. The van der Waals surface area contributed by atoms with Crippen LogP contribution >= 0.6 is 0 Å². The summed E-state index contributed by atoms with van der Waals surface area (Å²) in [5, 5.41) is 14.7. The fourth-order valence-corrected chi connectivity index (χ4v) is 1.88. The van der Waals surface area contributed by atoms with E-state index in [0.717, 1.165) is 32.0 Å². The van der Waals surface area contributed by atoms with Gasteiger partial charge in [0, 0.05) is 13.1 Å². The zero-order valence-corrected chi connectivity index (χ0v) is 10.9. The molecule has 0 atom stereocenters. The molecule has 0 amide bonds. The van der Waals surface area contributed by atoms with Crippen LogP contribution in [0.1, 0.15) is 20.3 Å². The molecular weight excluding hydrogens is 230 g/mol. The lowest BCUT2D eigenvalue weighted by Gasteiger charge is -2.19. The van der Waals surface area contributed by atoms with E-state index in [1.54, 1.807) is 16.9 Å². The van der Waals surface area contributed by atoms with Crippen LogP contribution in [0.5, 0.6) is 0 Å². The molecule has 7 heteroatoms. The maximum Gasteiger partial charge on any atom is 0.199 e. The molecule has 0 aliphatic heterocycles. The summed E-state index contributed by atoms with van der Waals surface area (Å²) >= 11 is 0. The van der Waals surface area contributed by atoms with E-state index in [0.29, 0.717) is 5.65 Å². The number of rotatable bonds is 7. The molecule has 0 unspecified atom stereocenters. The molecule has 18 heavy (non-hydrogen) atoms. The highest BCUT2D eigenvalue weighted by atomic mass is 15.5. The molecule has 0 saturated heterocycles. The molecule has 1 N–H and O–H groups in total. The Morgan fingerprint density at radius 3 is 2.94 bits per heavy atom. The minimum Gasteiger partial charge on any atom is -0.367 e. The van der Waals surface area contributed by atoms with Crippen LogP contribution in [-0.4, -0.2) is 56.1 Å². The van der Waals surface area contributed by atoms with Gasteiger partial charge in [0.05, 0.1) is 12.4 Å². The van der Waals surface area contributed by atoms with Crippen LogP contribution in [0.3, 0.4) is 0 Å². The molecule has 2 aromatic rings. The minimum atomic E-state index is 0.654. The predicted octanol–water partition coefficient (Wildman–Crippen LogP) is 0.663. The number of likely N-dealkylation sites (N-methyl/N-ethyl adjacent to an activating group) is 1. The van der Waals surface area contributed by atoms with Crippen LogP contribution in [-0.2, 0) is 0 Å². The van der Waals surface area contributed by atoms with Crippen molar-refractivity contribution in [3.63, 3.8) is 0 Å². The maximum absolute atomic E-state index is 4.10. The lowest BCUT2D eigenvalue weighted by molar-refractivity contribution is 0.300. The van der Waals surface area contributed by atoms with Gasteiger partial charge in [-0.05, 0) is 29.9 Å². The minimum absolute atomic E-state index is 0.654. The second-order valence-electron chi connectivity index (χ2n) is 4.10. The van der Waals surface area contributed by atoms with Crippen molar-refractivity contribution in [2.75, 3.05) is 31.5 Å². The van der Waals surface area contributed by atoms with Gasteiger partial charge in [-0.3, -0.25) is 4.98 Å². The molecular formula is C11H19N7. The van der Waals surface area contributed by atoms with Crippen molar-refractivity contribution in [2.45, 2.75) is 20.3 Å². The molecule has 0 bridgehead atoms. The molecule has 0 fully saturated rings. The van der Waals surface area contributed by atoms with E-state index < -0.39 is 0 Å². The van der Waals surface area contributed by atoms with Gasteiger partial charge in [-0.1, -0.05) is 13.8 Å². The standard InChI is InChI=1S/C11H19N7/c1-3-6-17(4-2)7-5-13-10-8-12-9-11-14-15-16-18(10)11/h8-9,13H,3-7H2,1-2H3. The van der Waals surface area contributed by atoms with E-state index in [-0.39, 0.29) is 0 Å². The molecule has 0 spiro atoms. The summed E-state index contributed by atoms with van der Waals surface area (Å²) < 4.78 is 1.66. The molecule has 7 nitrogen and oxygen atoms in total. The molecule has 0 aliphatic carbocycles. The van der Waals surface area contributed by atoms with Crippen molar-refractivity contribution < 1.29 is 0 Å². The first-order chi connectivity index (χ1) is 8.85. The molecule has 2 rings (SSSR count). The summed E-state index contributed by atoms with van der Waals surface area (Å²) in [4.78, 5) is 6.50. The summed E-state index contributed by atoms with van der Waals surface area (Å²) in [6.45, 7) is 8.44. The number of aromatic nitrogens is 5. The van der Waals surface area contributed by atoms with Crippen molar-refractivity contribution in [3.8, 4) is 0 Å². The Labute approximate surface area is 106 Å². The molecule has 0 radical (unpaired) electrons. The molecule has 0 aliphatic rings. The highest BCUT2D eigenvalue weighted by Gasteiger charge is 2.04. The SMILES string of the molecule is CCCN(CC)CCNc1cncc2nnnn12. The first-order valence-corrected chi connectivity index (χ1v) is 6.33. The third-order valence-electron chi connectivity index (χ3n) is 2.83. The quantitative estimate of drug-likeness (QED) is 0.777. The summed E-state index contributed by atoms with van der Waals surface area (Å²) in [5.74, 6) is 0.824. The third kappa shape index (κ3) is 2.92. The van der Waals surface area contributed by atoms with Gasteiger partial charge in [0.25, 0.3) is 0 Å². The zero-order valence-electron chi connectivity index (χ0n) is 10.9. The molecule has 2 heterocycles. The average Bonchev–Trinajstić information content (AvgIpc) is 2.86. The van der Waals surface area contributed by atoms with Crippen molar-refractivity contribution in [1.82, 2.24) is 29.9 Å². The molecule has 2 aromatic heterocycles. The Morgan fingerprint density at radius 2 is 2.17 bits per heavy atom. The van der Waals surface area contributed by atoms with Gasteiger partial charge < -0.3 is 10.2 Å². The van der Waals surface area contributed by atoms with Crippen LogP contribution in [0.15, 0.2) is 12.4 Å². The second kappa shape index (κ2) is 6.25. The Bertz CT molecular complexity index is 481. The van der Waals surface area contributed by atoms with E-state index in [1.807, 2.05) is 0 Å². The predicted molar refractivity (Wildman–Crippen MR) is 69.5 cm³/mol. The fraction of sp³-hybridized carbons (Fsp3) is 0.636. The van der Waals surface area contributed by atoms with Gasteiger partial charge in [-0.25, -0.2) is 0 Å². The van der Waals surface area contributed by atoms with Crippen LogP contribution < -0.4 is 5.32 Å².